The fraction of sp³-hybridized carbons (Fsp3) is 0.321. The summed E-state index contributed by atoms with van der Waals surface area (Å²) >= 11 is 1.70. The Hall–Kier alpha value is -2.96. The molecule has 0 aliphatic carbocycles. The lowest BCUT2D eigenvalue weighted by molar-refractivity contribution is -0.138. The topological polar surface area (TPSA) is 49.8 Å². The summed E-state index contributed by atoms with van der Waals surface area (Å²) in [4.78, 5) is 13.2. The fourth-order valence-corrected chi connectivity index (χ4v) is 5.00. The summed E-state index contributed by atoms with van der Waals surface area (Å²) in [6, 6.07) is 10.4. The second kappa shape index (κ2) is 11.6. The summed E-state index contributed by atoms with van der Waals surface area (Å²) in [6.07, 6.45) is -10.9. The van der Waals surface area contributed by atoms with Gasteiger partial charge in [0.2, 0.25) is 0 Å². The molecule has 210 valence electrons. The normalized spacial score (nSPS) is 12.9. The molecule has 3 aromatic rings. The van der Waals surface area contributed by atoms with Gasteiger partial charge < -0.3 is 9.84 Å². The first kappa shape index (κ1) is 30.6. The van der Waals surface area contributed by atoms with Crippen LogP contribution in [-0.2, 0) is 18.9 Å². The van der Waals surface area contributed by atoms with E-state index >= 15 is 0 Å². The molecule has 0 radical (unpaired) electrons. The van der Waals surface area contributed by atoms with Crippen molar-refractivity contribution in [3.8, 4) is 16.9 Å². The molecule has 1 unspecified atom stereocenters. The molecular formula is C28H26F6INO3. The van der Waals surface area contributed by atoms with E-state index in [9.17, 15) is 36.2 Å². The van der Waals surface area contributed by atoms with Crippen molar-refractivity contribution < 1.29 is 41.0 Å². The van der Waals surface area contributed by atoms with Gasteiger partial charge in [0.05, 0.1) is 24.3 Å². The van der Waals surface area contributed by atoms with Gasteiger partial charge in [-0.3, -0.25) is 4.90 Å². The first-order chi connectivity index (χ1) is 18.0. The number of rotatable bonds is 7. The van der Waals surface area contributed by atoms with Gasteiger partial charge in [0, 0.05) is 15.7 Å². The molecule has 1 atom stereocenters. The van der Waals surface area contributed by atoms with Crippen LogP contribution in [0.25, 0.3) is 11.1 Å². The van der Waals surface area contributed by atoms with Gasteiger partial charge in [-0.25, -0.2) is 4.79 Å². The molecule has 0 saturated heterocycles. The fourth-order valence-electron chi connectivity index (χ4n) is 4.27. The van der Waals surface area contributed by atoms with Crippen LogP contribution in [0.1, 0.15) is 60.5 Å². The highest BCUT2D eigenvalue weighted by atomic mass is 127. The Morgan fingerprint density at radius 3 is 2.08 bits per heavy atom. The minimum Gasteiger partial charge on any atom is -0.496 e. The average molecular weight is 665 g/mol. The van der Waals surface area contributed by atoms with Crippen molar-refractivity contribution >= 4 is 28.7 Å². The number of carboxylic acid groups (broad SMARTS) is 1. The maximum Gasteiger partial charge on any atom is 0.416 e. The lowest BCUT2D eigenvalue weighted by Gasteiger charge is -2.30. The second-order valence-corrected chi connectivity index (χ2v) is 10.6. The average Bonchev–Trinajstić information content (AvgIpc) is 2.84. The SMILES string of the molecule is COc1ccc(C(C)C)cc1-c1ccc(C(F)(F)F)cc1C(C)N(Cc1cc(I)cc(C(F)(F)F)c1)C(=O)O. The van der Waals surface area contributed by atoms with Gasteiger partial charge in [0.1, 0.15) is 5.75 Å². The quantitative estimate of drug-likeness (QED) is 0.202. The van der Waals surface area contributed by atoms with Crippen molar-refractivity contribution in [3.63, 3.8) is 0 Å². The van der Waals surface area contributed by atoms with Crippen LogP contribution in [0.4, 0.5) is 31.1 Å². The number of carbonyl (C=O) groups is 1. The van der Waals surface area contributed by atoms with Crippen molar-refractivity contribution in [2.75, 3.05) is 7.11 Å². The number of hydrogen-bond acceptors (Lipinski definition) is 2. The van der Waals surface area contributed by atoms with Crippen molar-refractivity contribution in [1.82, 2.24) is 4.90 Å². The minimum atomic E-state index is -4.71. The molecule has 39 heavy (non-hydrogen) atoms. The second-order valence-electron chi connectivity index (χ2n) is 9.35. The molecule has 1 N–H and O–H groups in total. The van der Waals surface area contributed by atoms with Crippen molar-refractivity contribution in [2.24, 2.45) is 0 Å². The molecular weight excluding hydrogens is 639 g/mol. The van der Waals surface area contributed by atoms with Crippen LogP contribution >= 0.6 is 22.6 Å². The van der Waals surface area contributed by atoms with E-state index in [1.54, 1.807) is 34.7 Å². The monoisotopic (exact) mass is 665 g/mol. The first-order valence-corrected chi connectivity index (χ1v) is 12.9. The maximum atomic E-state index is 13.7. The Kier molecular flexibility index (Phi) is 9.13. The van der Waals surface area contributed by atoms with Crippen molar-refractivity contribution in [3.05, 3.63) is 86.0 Å². The van der Waals surface area contributed by atoms with E-state index in [-0.39, 0.29) is 20.6 Å². The summed E-state index contributed by atoms with van der Waals surface area (Å²) in [5.41, 5.74) is -0.163. The standard InChI is InChI=1S/C28H26F6INO3/c1-15(2)18-5-8-25(39-4)24(11-18)22-7-6-19(27(29,30)31)13-23(22)16(3)36(26(37)38)14-17-9-20(28(32,33)34)12-21(35)10-17/h5-13,15-16H,14H2,1-4H3,(H,37,38). The van der Waals surface area contributed by atoms with Crippen LogP contribution in [0.5, 0.6) is 5.75 Å². The zero-order valence-corrected chi connectivity index (χ0v) is 23.6. The lowest BCUT2D eigenvalue weighted by atomic mass is 9.90. The maximum absolute atomic E-state index is 13.7. The number of amides is 1. The Morgan fingerprint density at radius 2 is 1.54 bits per heavy atom. The first-order valence-electron chi connectivity index (χ1n) is 11.8. The summed E-state index contributed by atoms with van der Waals surface area (Å²) in [5.74, 6) is 0.464. The predicted octanol–water partition coefficient (Wildman–Crippen LogP) is 9.37. The Balaban J connectivity index is 2.20. The molecule has 1 amide bonds. The third-order valence-electron chi connectivity index (χ3n) is 6.36. The number of hydrogen-bond donors (Lipinski definition) is 1. The molecule has 0 aromatic heterocycles. The van der Waals surface area contributed by atoms with Gasteiger partial charge in [-0.15, -0.1) is 0 Å². The third kappa shape index (κ3) is 7.17. The lowest BCUT2D eigenvalue weighted by Crippen LogP contribution is -2.32. The van der Waals surface area contributed by atoms with Gasteiger partial charge in [-0.05, 0) is 100 Å². The molecule has 0 fully saturated rings. The highest BCUT2D eigenvalue weighted by molar-refractivity contribution is 14.1. The predicted molar refractivity (Wildman–Crippen MR) is 144 cm³/mol. The highest BCUT2D eigenvalue weighted by Gasteiger charge is 2.34. The van der Waals surface area contributed by atoms with E-state index in [0.717, 1.165) is 34.7 Å². The number of nitrogens with zero attached hydrogens (tertiary/aromatic N) is 1. The molecule has 3 aromatic carbocycles. The van der Waals surface area contributed by atoms with Crippen LogP contribution in [0.2, 0.25) is 0 Å². The number of ether oxygens (including phenoxy) is 1. The van der Waals surface area contributed by atoms with E-state index in [2.05, 4.69) is 0 Å². The smallest absolute Gasteiger partial charge is 0.416 e. The molecule has 3 rings (SSSR count). The van der Waals surface area contributed by atoms with Crippen LogP contribution < -0.4 is 4.74 Å². The number of benzene rings is 3. The Labute approximate surface area is 235 Å². The Morgan fingerprint density at radius 1 is 0.897 bits per heavy atom. The van der Waals surface area contributed by atoms with E-state index in [1.165, 1.54) is 26.2 Å². The summed E-state index contributed by atoms with van der Waals surface area (Å²) in [7, 11) is 1.42. The van der Waals surface area contributed by atoms with Gasteiger partial charge in [-0.2, -0.15) is 26.3 Å². The minimum absolute atomic E-state index is 0.0353. The van der Waals surface area contributed by atoms with Crippen LogP contribution in [0.3, 0.4) is 0 Å². The molecule has 4 nitrogen and oxygen atoms in total. The summed E-state index contributed by atoms with van der Waals surface area (Å²) < 4.78 is 87.0. The zero-order chi connectivity index (χ0) is 29.3. The van der Waals surface area contributed by atoms with E-state index in [4.69, 9.17) is 4.74 Å². The van der Waals surface area contributed by atoms with Gasteiger partial charge in [0.15, 0.2) is 0 Å². The molecule has 0 spiro atoms. The van der Waals surface area contributed by atoms with Gasteiger partial charge >= 0.3 is 18.4 Å². The van der Waals surface area contributed by atoms with E-state index in [1.807, 2.05) is 19.9 Å². The summed E-state index contributed by atoms with van der Waals surface area (Å²) in [5, 5.41) is 10.0. The van der Waals surface area contributed by atoms with Crippen LogP contribution in [0, 0.1) is 3.57 Å². The van der Waals surface area contributed by atoms with Crippen LogP contribution in [-0.4, -0.2) is 23.2 Å². The van der Waals surface area contributed by atoms with Crippen molar-refractivity contribution in [2.45, 2.75) is 51.6 Å². The number of methoxy groups -OCH3 is 1. The molecule has 0 bridgehead atoms. The van der Waals surface area contributed by atoms with E-state index < -0.39 is 42.2 Å². The summed E-state index contributed by atoms with van der Waals surface area (Å²) in [6.45, 7) is 4.83. The van der Waals surface area contributed by atoms with Crippen LogP contribution in [0.15, 0.2) is 54.6 Å². The highest BCUT2D eigenvalue weighted by Crippen LogP contribution is 2.42. The van der Waals surface area contributed by atoms with Gasteiger partial charge in [0.25, 0.3) is 0 Å². The van der Waals surface area contributed by atoms with E-state index in [0.29, 0.717) is 16.9 Å². The van der Waals surface area contributed by atoms with Gasteiger partial charge in [-0.1, -0.05) is 26.0 Å². The third-order valence-corrected chi connectivity index (χ3v) is 6.98. The molecule has 0 heterocycles. The zero-order valence-electron chi connectivity index (χ0n) is 21.4. The number of alkyl halides is 6. The Bertz CT molecular complexity index is 1350. The molecule has 0 aliphatic heterocycles. The number of halogens is 7. The molecule has 11 heteroatoms. The molecule has 0 aliphatic rings. The molecule has 0 saturated carbocycles. The largest absolute Gasteiger partial charge is 0.496 e. The van der Waals surface area contributed by atoms with Crippen molar-refractivity contribution in [1.29, 1.82) is 0 Å².